The normalized spacial score (nSPS) is 14.4. The van der Waals surface area contributed by atoms with E-state index in [2.05, 4.69) is 52.1 Å². The van der Waals surface area contributed by atoms with Crippen LogP contribution in [-0.2, 0) is 0 Å². The minimum atomic E-state index is -0.0175. The Bertz CT molecular complexity index is 1110. The first-order valence-electron chi connectivity index (χ1n) is 12.2. The van der Waals surface area contributed by atoms with E-state index in [1.807, 2.05) is 37.3 Å². The molecule has 5 nitrogen and oxygen atoms in total. The molecule has 2 N–H and O–H groups in total. The van der Waals surface area contributed by atoms with Crippen LogP contribution in [0.2, 0.25) is 5.02 Å². The third-order valence-electron chi connectivity index (χ3n) is 6.89. The van der Waals surface area contributed by atoms with Gasteiger partial charge in [-0.3, -0.25) is 9.69 Å². The van der Waals surface area contributed by atoms with Crippen molar-refractivity contribution in [1.29, 1.82) is 0 Å². The Labute approximate surface area is 208 Å². The number of benzene rings is 2. The van der Waals surface area contributed by atoms with Gasteiger partial charge in [0.25, 0.3) is 5.91 Å². The quantitative estimate of drug-likeness (QED) is 0.415. The third kappa shape index (κ3) is 5.83. The van der Waals surface area contributed by atoms with Crippen LogP contribution in [0.4, 0.5) is 5.69 Å². The second kappa shape index (κ2) is 11.1. The molecule has 0 aliphatic carbocycles. The first-order valence-corrected chi connectivity index (χ1v) is 12.6. The summed E-state index contributed by atoms with van der Waals surface area (Å²) in [7, 11) is 0. The van der Waals surface area contributed by atoms with Crippen molar-refractivity contribution < 1.29 is 4.79 Å². The number of piperazine rings is 1. The number of aromatic nitrogens is 1. The number of halogens is 1. The van der Waals surface area contributed by atoms with Crippen molar-refractivity contribution in [2.45, 2.75) is 33.6 Å². The van der Waals surface area contributed by atoms with Crippen molar-refractivity contribution >= 4 is 23.2 Å². The van der Waals surface area contributed by atoms with Crippen LogP contribution in [0.5, 0.6) is 0 Å². The number of aryl methyl sites for hydroxylation is 2. The molecule has 0 atom stereocenters. The van der Waals surface area contributed by atoms with Crippen LogP contribution in [-0.4, -0.2) is 55.1 Å². The van der Waals surface area contributed by atoms with Crippen molar-refractivity contribution in [3.8, 4) is 11.3 Å². The van der Waals surface area contributed by atoms with Crippen molar-refractivity contribution in [1.82, 2.24) is 15.2 Å². The van der Waals surface area contributed by atoms with Crippen LogP contribution in [0.3, 0.4) is 0 Å². The van der Waals surface area contributed by atoms with Crippen LogP contribution in [0.1, 0.15) is 40.0 Å². The summed E-state index contributed by atoms with van der Waals surface area (Å²) < 4.78 is 0. The van der Waals surface area contributed by atoms with Gasteiger partial charge in [-0.25, -0.2) is 0 Å². The molecule has 1 aliphatic rings. The molecule has 180 valence electrons. The maximum atomic E-state index is 12.7. The first-order chi connectivity index (χ1) is 16.4. The lowest BCUT2D eigenvalue weighted by Crippen LogP contribution is -2.47. The van der Waals surface area contributed by atoms with E-state index >= 15 is 0 Å². The van der Waals surface area contributed by atoms with Gasteiger partial charge in [-0.2, -0.15) is 0 Å². The molecule has 1 aliphatic heterocycles. The molecular weight excluding hydrogens is 444 g/mol. The highest BCUT2D eigenvalue weighted by Crippen LogP contribution is 2.25. The van der Waals surface area contributed by atoms with E-state index in [-0.39, 0.29) is 5.91 Å². The number of unbranched alkanes of at least 4 members (excludes halogenated alkanes) is 1. The molecule has 34 heavy (non-hydrogen) atoms. The van der Waals surface area contributed by atoms with Gasteiger partial charge in [0.15, 0.2) is 0 Å². The molecule has 0 spiro atoms. The van der Waals surface area contributed by atoms with Gasteiger partial charge in [-0.15, -0.1) is 0 Å². The molecule has 3 aromatic rings. The smallest absolute Gasteiger partial charge is 0.253 e. The second-order valence-electron chi connectivity index (χ2n) is 9.24. The fraction of sp³-hybridized carbons (Fsp3) is 0.393. The van der Waals surface area contributed by atoms with Crippen LogP contribution < -0.4 is 10.2 Å². The predicted octanol–water partition coefficient (Wildman–Crippen LogP) is 5.59. The Hall–Kier alpha value is -2.76. The average molecular weight is 479 g/mol. The summed E-state index contributed by atoms with van der Waals surface area (Å²) in [6.45, 7) is 12.5. The lowest BCUT2D eigenvalue weighted by atomic mass is 10.1. The molecule has 6 heteroatoms. The number of H-pyrrole nitrogens is 1. The van der Waals surface area contributed by atoms with Crippen molar-refractivity contribution in [3.63, 3.8) is 0 Å². The zero-order valence-corrected chi connectivity index (χ0v) is 21.2. The van der Waals surface area contributed by atoms with E-state index in [0.29, 0.717) is 17.1 Å². The van der Waals surface area contributed by atoms with E-state index in [1.165, 1.54) is 16.8 Å². The number of hydrogen-bond donors (Lipinski definition) is 2. The van der Waals surface area contributed by atoms with Crippen molar-refractivity contribution in [3.05, 3.63) is 75.9 Å². The number of rotatable bonds is 8. The molecule has 1 fully saturated rings. The van der Waals surface area contributed by atoms with Crippen LogP contribution in [0.15, 0.2) is 48.5 Å². The maximum absolute atomic E-state index is 12.7. The summed E-state index contributed by atoms with van der Waals surface area (Å²) >= 11 is 5.98. The molecule has 0 unspecified atom stereocenters. The van der Waals surface area contributed by atoms with Crippen LogP contribution in [0, 0.1) is 20.8 Å². The molecule has 1 saturated heterocycles. The number of amides is 1. The van der Waals surface area contributed by atoms with E-state index < -0.39 is 0 Å². The van der Waals surface area contributed by atoms with Gasteiger partial charge in [0, 0.05) is 54.8 Å². The van der Waals surface area contributed by atoms with Crippen LogP contribution >= 0.6 is 11.6 Å². The number of aromatic amines is 1. The molecule has 0 bridgehead atoms. The number of hydrogen-bond acceptors (Lipinski definition) is 3. The monoisotopic (exact) mass is 478 g/mol. The van der Waals surface area contributed by atoms with Gasteiger partial charge in [0.1, 0.15) is 0 Å². The van der Waals surface area contributed by atoms with Gasteiger partial charge in [0.05, 0.1) is 5.56 Å². The SMILES string of the molecule is Cc1cccc(N2CCN(CCCCNC(=O)c3cc(-c4ccc(Cl)cc4)[nH]c3C)CC2)c1C. The Balaban J connectivity index is 1.17. The Morgan fingerprint density at radius 3 is 2.47 bits per heavy atom. The minimum absolute atomic E-state index is 0.0175. The Kier molecular flexibility index (Phi) is 7.96. The molecule has 2 aromatic carbocycles. The fourth-order valence-corrected chi connectivity index (χ4v) is 4.75. The standard InChI is InChI=1S/C28H35ClN4O/c1-20-7-6-8-27(21(20)2)33-17-15-32(16-18-33)14-5-4-13-30-28(34)25-19-26(31-22(25)3)23-9-11-24(29)12-10-23/h6-12,19,31H,4-5,13-18H2,1-3H3,(H,30,34). The van der Waals surface area contributed by atoms with E-state index in [0.717, 1.165) is 62.5 Å². The highest BCUT2D eigenvalue weighted by atomic mass is 35.5. The van der Waals surface area contributed by atoms with Crippen LogP contribution in [0.25, 0.3) is 11.3 Å². The summed E-state index contributed by atoms with van der Waals surface area (Å²) in [5.41, 5.74) is 7.66. The lowest BCUT2D eigenvalue weighted by molar-refractivity contribution is 0.0952. The zero-order chi connectivity index (χ0) is 24.1. The van der Waals surface area contributed by atoms with Gasteiger partial charge in [-0.05, 0) is 81.1 Å². The highest BCUT2D eigenvalue weighted by molar-refractivity contribution is 6.30. The Morgan fingerprint density at radius 1 is 1.00 bits per heavy atom. The molecule has 4 rings (SSSR count). The Morgan fingerprint density at radius 2 is 1.74 bits per heavy atom. The van der Waals surface area contributed by atoms with Gasteiger partial charge in [-0.1, -0.05) is 35.9 Å². The van der Waals surface area contributed by atoms with Crippen molar-refractivity contribution in [2.24, 2.45) is 0 Å². The maximum Gasteiger partial charge on any atom is 0.253 e. The average Bonchev–Trinajstić information content (AvgIpc) is 3.23. The summed E-state index contributed by atoms with van der Waals surface area (Å²) in [4.78, 5) is 21.0. The number of carbonyl (C=O) groups excluding carboxylic acids is 1. The van der Waals surface area contributed by atoms with E-state index in [4.69, 9.17) is 11.6 Å². The first kappa shape index (κ1) is 24.4. The van der Waals surface area contributed by atoms with E-state index in [9.17, 15) is 4.79 Å². The van der Waals surface area contributed by atoms with Gasteiger partial charge < -0.3 is 15.2 Å². The fourth-order valence-electron chi connectivity index (χ4n) is 4.63. The summed E-state index contributed by atoms with van der Waals surface area (Å²) in [5, 5.41) is 3.79. The zero-order valence-electron chi connectivity index (χ0n) is 20.5. The molecule has 1 aromatic heterocycles. The highest BCUT2D eigenvalue weighted by Gasteiger charge is 2.18. The summed E-state index contributed by atoms with van der Waals surface area (Å²) in [6, 6.07) is 16.1. The minimum Gasteiger partial charge on any atom is -0.369 e. The second-order valence-corrected chi connectivity index (χ2v) is 9.68. The largest absolute Gasteiger partial charge is 0.369 e. The topological polar surface area (TPSA) is 51.4 Å². The number of nitrogens with one attached hydrogen (secondary N) is 2. The number of carbonyl (C=O) groups is 1. The molecular formula is C28H35ClN4O. The van der Waals surface area contributed by atoms with Crippen molar-refractivity contribution in [2.75, 3.05) is 44.2 Å². The van der Waals surface area contributed by atoms with Gasteiger partial charge in [0.2, 0.25) is 0 Å². The number of anilines is 1. The number of nitrogens with zero attached hydrogens (tertiary/aromatic N) is 2. The molecule has 0 saturated carbocycles. The lowest BCUT2D eigenvalue weighted by Gasteiger charge is -2.37. The molecule has 1 amide bonds. The van der Waals surface area contributed by atoms with E-state index in [1.54, 1.807) is 0 Å². The van der Waals surface area contributed by atoms with Gasteiger partial charge >= 0.3 is 0 Å². The predicted molar refractivity (Wildman–Crippen MR) is 142 cm³/mol. The summed E-state index contributed by atoms with van der Waals surface area (Å²) in [5.74, 6) is -0.0175. The third-order valence-corrected chi connectivity index (χ3v) is 7.14. The molecule has 0 radical (unpaired) electrons. The summed E-state index contributed by atoms with van der Waals surface area (Å²) in [6.07, 6.45) is 2.07. The molecule has 2 heterocycles.